The minimum atomic E-state index is 0.900. The second-order valence-electron chi connectivity index (χ2n) is 3.93. The monoisotopic (exact) mass is 230 g/mol. The number of imidazole rings is 1. The summed E-state index contributed by atoms with van der Waals surface area (Å²) in [4.78, 5) is 8.62. The fraction of sp³-hybridized carbons (Fsp3) is 0.385. The average molecular weight is 230 g/mol. The summed E-state index contributed by atoms with van der Waals surface area (Å²) < 4.78 is 2.09. The van der Waals surface area contributed by atoms with Gasteiger partial charge in [-0.25, -0.2) is 4.98 Å². The first-order chi connectivity index (χ1) is 8.35. The van der Waals surface area contributed by atoms with Gasteiger partial charge in [0.2, 0.25) is 0 Å². The smallest absolute Gasteiger partial charge is 0.113 e. The van der Waals surface area contributed by atoms with Crippen molar-refractivity contribution in [3.63, 3.8) is 0 Å². The van der Waals surface area contributed by atoms with Crippen molar-refractivity contribution < 1.29 is 0 Å². The number of aryl methyl sites for hydroxylation is 1. The van der Waals surface area contributed by atoms with E-state index in [1.165, 1.54) is 0 Å². The normalized spacial score (nSPS) is 10.5. The Balaban J connectivity index is 2.31. The topological polar surface area (TPSA) is 42.7 Å². The molecule has 17 heavy (non-hydrogen) atoms. The molecule has 0 unspecified atom stereocenters. The first kappa shape index (κ1) is 11.6. The standard InChI is InChI=1S/C13H18N4/c1-3-5-13-16-6-7-17(13)12-8-11(15-4-2)9-14-10-12/h6-10,15H,3-5H2,1-2H3. The van der Waals surface area contributed by atoms with Gasteiger partial charge in [0.25, 0.3) is 0 Å². The molecule has 0 aliphatic carbocycles. The highest BCUT2D eigenvalue weighted by Gasteiger charge is 2.04. The van der Waals surface area contributed by atoms with E-state index in [0.717, 1.165) is 36.6 Å². The van der Waals surface area contributed by atoms with Gasteiger partial charge in [0.05, 0.1) is 23.8 Å². The number of anilines is 1. The molecule has 0 fully saturated rings. The zero-order chi connectivity index (χ0) is 12.1. The summed E-state index contributed by atoms with van der Waals surface area (Å²) in [6, 6.07) is 2.09. The largest absolute Gasteiger partial charge is 0.384 e. The number of pyridine rings is 1. The van der Waals surface area contributed by atoms with E-state index in [1.54, 1.807) is 0 Å². The van der Waals surface area contributed by atoms with Gasteiger partial charge < -0.3 is 9.88 Å². The second kappa shape index (κ2) is 5.48. The molecule has 0 aliphatic rings. The van der Waals surface area contributed by atoms with E-state index in [4.69, 9.17) is 0 Å². The molecule has 2 aromatic rings. The van der Waals surface area contributed by atoms with Gasteiger partial charge in [-0.05, 0) is 19.4 Å². The predicted octanol–water partition coefficient (Wildman–Crippen LogP) is 2.65. The van der Waals surface area contributed by atoms with Gasteiger partial charge in [-0.3, -0.25) is 4.98 Å². The highest BCUT2D eigenvalue weighted by atomic mass is 15.1. The molecule has 0 aliphatic heterocycles. The average Bonchev–Trinajstić information content (AvgIpc) is 2.79. The molecule has 2 heterocycles. The Morgan fingerprint density at radius 3 is 2.94 bits per heavy atom. The molecular formula is C13H18N4. The summed E-state index contributed by atoms with van der Waals surface area (Å²) in [6.45, 7) is 5.13. The third-order valence-electron chi connectivity index (χ3n) is 2.57. The SMILES string of the molecule is CCCc1nccn1-c1cncc(NCC)c1. The van der Waals surface area contributed by atoms with Crippen molar-refractivity contribution in [3.8, 4) is 5.69 Å². The van der Waals surface area contributed by atoms with Crippen LogP contribution in [0.3, 0.4) is 0 Å². The lowest BCUT2D eigenvalue weighted by molar-refractivity contribution is 0.807. The molecule has 2 rings (SSSR count). The van der Waals surface area contributed by atoms with E-state index in [2.05, 4.69) is 39.8 Å². The van der Waals surface area contributed by atoms with Crippen molar-refractivity contribution in [2.45, 2.75) is 26.7 Å². The van der Waals surface area contributed by atoms with Gasteiger partial charge in [-0.1, -0.05) is 6.92 Å². The third kappa shape index (κ3) is 2.64. The van der Waals surface area contributed by atoms with E-state index in [1.807, 2.05) is 24.8 Å². The maximum absolute atomic E-state index is 4.37. The lowest BCUT2D eigenvalue weighted by Crippen LogP contribution is -2.03. The Kier molecular flexibility index (Phi) is 3.75. The van der Waals surface area contributed by atoms with Crippen LogP contribution in [0.2, 0.25) is 0 Å². The molecule has 0 saturated carbocycles. The summed E-state index contributed by atoms with van der Waals surface area (Å²) in [5, 5.41) is 3.27. The Hall–Kier alpha value is -1.84. The number of nitrogens with one attached hydrogen (secondary N) is 1. The summed E-state index contributed by atoms with van der Waals surface area (Å²) in [5.41, 5.74) is 2.10. The van der Waals surface area contributed by atoms with Gasteiger partial charge in [0.1, 0.15) is 5.82 Å². The molecule has 0 atom stereocenters. The van der Waals surface area contributed by atoms with Crippen molar-refractivity contribution in [1.82, 2.24) is 14.5 Å². The van der Waals surface area contributed by atoms with Crippen LogP contribution in [0.1, 0.15) is 26.1 Å². The minimum Gasteiger partial charge on any atom is -0.384 e. The fourth-order valence-electron chi connectivity index (χ4n) is 1.84. The van der Waals surface area contributed by atoms with Gasteiger partial charge in [-0.15, -0.1) is 0 Å². The van der Waals surface area contributed by atoms with E-state index in [0.29, 0.717) is 0 Å². The van der Waals surface area contributed by atoms with E-state index in [-0.39, 0.29) is 0 Å². The Morgan fingerprint density at radius 1 is 1.29 bits per heavy atom. The molecule has 2 aromatic heterocycles. The van der Waals surface area contributed by atoms with Crippen LogP contribution in [-0.2, 0) is 6.42 Å². The molecular weight excluding hydrogens is 212 g/mol. The van der Waals surface area contributed by atoms with E-state index in [9.17, 15) is 0 Å². The number of hydrogen-bond donors (Lipinski definition) is 1. The second-order valence-corrected chi connectivity index (χ2v) is 3.93. The molecule has 0 aromatic carbocycles. The number of hydrogen-bond acceptors (Lipinski definition) is 3. The lowest BCUT2D eigenvalue weighted by Gasteiger charge is -2.09. The quantitative estimate of drug-likeness (QED) is 0.858. The van der Waals surface area contributed by atoms with E-state index >= 15 is 0 Å². The van der Waals surface area contributed by atoms with Gasteiger partial charge >= 0.3 is 0 Å². The highest BCUT2D eigenvalue weighted by Crippen LogP contribution is 2.15. The number of rotatable bonds is 5. The molecule has 4 heteroatoms. The number of aromatic nitrogens is 3. The van der Waals surface area contributed by atoms with E-state index < -0.39 is 0 Å². The predicted molar refractivity (Wildman–Crippen MR) is 69.5 cm³/mol. The molecule has 1 N–H and O–H groups in total. The first-order valence-electron chi connectivity index (χ1n) is 6.06. The van der Waals surface area contributed by atoms with Crippen molar-refractivity contribution in [2.75, 3.05) is 11.9 Å². The van der Waals surface area contributed by atoms with Crippen LogP contribution in [0.5, 0.6) is 0 Å². The fourth-order valence-corrected chi connectivity index (χ4v) is 1.84. The number of nitrogens with zero attached hydrogens (tertiary/aromatic N) is 3. The molecule has 4 nitrogen and oxygen atoms in total. The van der Waals surface area contributed by atoms with Crippen LogP contribution < -0.4 is 5.32 Å². The molecule has 0 radical (unpaired) electrons. The van der Waals surface area contributed by atoms with Crippen molar-refractivity contribution in [2.24, 2.45) is 0 Å². The van der Waals surface area contributed by atoms with Crippen molar-refractivity contribution in [1.29, 1.82) is 0 Å². The zero-order valence-electron chi connectivity index (χ0n) is 10.3. The summed E-state index contributed by atoms with van der Waals surface area (Å²) in [5.74, 6) is 1.09. The summed E-state index contributed by atoms with van der Waals surface area (Å²) in [6.07, 6.45) is 9.60. The summed E-state index contributed by atoms with van der Waals surface area (Å²) >= 11 is 0. The van der Waals surface area contributed by atoms with Crippen LogP contribution in [0.4, 0.5) is 5.69 Å². The Morgan fingerprint density at radius 2 is 2.18 bits per heavy atom. The molecule has 0 bridgehead atoms. The summed E-state index contributed by atoms with van der Waals surface area (Å²) in [7, 11) is 0. The molecule has 90 valence electrons. The molecule has 0 saturated heterocycles. The molecule has 0 amide bonds. The van der Waals surface area contributed by atoms with Gasteiger partial charge in [-0.2, -0.15) is 0 Å². The van der Waals surface area contributed by atoms with Crippen LogP contribution in [0, 0.1) is 0 Å². The van der Waals surface area contributed by atoms with Crippen LogP contribution >= 0.6 is 0 Å². The van der Waals surface area contributed by atoms with Gasteiger partial charge in [0.15, 0.2) is 0 Å². The highest BCUT2D eigenvalue weighted by molar-refractivity contribution is 5.48. The van der Waals surface area contributed by atoms with Crippen molar-refractivity contribution in [3.05, 3.63) is 36.7 Å². The Bertz CT molecular complexity index is 476. The minimum absolute atomic E-state index is 0.900. The van der Waals surface area contributed by atoms with Crippen molar-refractivity contribution >= 4 is 5.69 Å². The van der Waals surface area contributed by atoms with Crippen LogP contribution in [0.15, 0.2) is 30.9 Å². The van der Waals surface area contributed by atoms with Crippen LogP contribution in [-0.4, -0.2) is 21.1 Å². The maximum Gasteiger partial charge on any atom is 0.113 e. The zero-order valence-corrected chi connectivity index (χ0v) is 10.3. The maximum atomic E-state index is 4.37. The Labute approximate surface area is 102 Å². The van der Waals surface area contributed by atoms with Gasteiger partial charge in [0, 0.05) is 25.4 Å². The third-order valence-corrected chi connectivity index (χ3v) is 2.57. The first-order valence-corrected chi connectivity index (χ1v) is 6.06. The lowest BCUT2D eigenvalue weighted by atomic mass is 10.3. The van der Waals surface area contributed by atoms with Crippen LogP contribution in [0.25, 0.3) is 5.69 Å². The molecule has 0 spiro atoms.